The number of hydrogen-bond donors (Lipinski definition) is 1. The normalized spacial score (nSPS) is 22.1. The van der Waals surface area contributed by atoms with Crippen LogP contribution in [0.25, 0.3) is 0 Å². The molecule has 1 fully saturated rings. The highest BCUT2D eigenvalue weighted by atomic mass is 16.5. The molecule has 1 rings (SSSR count). The van der Waals surface area contributed by atoms with Crippen LogP contribution in [0.1, 0.15) is 19.3 Å². The summed E-state index contributed by atoms with van der Waals surface area (Å²) in [5.74, 6) is -0.389. The summed E-state index contributed by atoms with van der Waals surface area (Å²) in [6.07, 6.45) is 2.98. The molecule has 12 heavy (non-hydrogen) atoms. The first-order valence-corrected chi connectivity index (χ1v) is 4.32. The van der Waals surface area contributed by atoms with Gasteiger partial charge in [0.2, 0.25) is 0 Å². The van der Waals surface area contributed by atoms with E-state index in [1.54, 1.807) is 0 Å². The minimum absolute atomic E-state index is 0.389. The molecule has 1 saturated heterocycles. The number of methoxy groups -OCH3 is 1. The molecule has 1 unspecified atom stereocenters. The number of carbonyl (C=O) groups excluding carboxylic acids is 1. The van der Waals surface area contributed by atoms with E-state index in [1.807, 2.05) is 4.90 Å². The van der Waals surface area contributed by atoms with Crippen LogP contribution in [0.15, 0.2) is 0 Å². The topological polar surface area (TPSA) is 55.6 Å². The average molecular weight is 172 g/mol. The molecule has 0 bridgehead atoms. The van der Waals surface area contributed by atoms with E-state index >= 15 is 0 Å². The van der Waals surface area contributed by atoms with Gasteiger partial charge >= 0.3 is 0 Å². The van der Waals surface area contributed by atoms with Crippen LogP contribution in [0.4, 0.5) is 0 Å². The Kier molecular flexibility index (Phi) is 3.49. The number of amides is 1. The molecule has 1 aliphatic rings. The molecule has 0 aromatic carbocycles. The molecule has 2 N–H and O–H groups in total. The Hall–Kier alpha value is -0.610. The molecule has 4 heteroatoms. The molecule has 0 aromatic heterocycles. The monoisotopic (exact) mass is 172 g/mol. The summed E-state index contributed by atoms with van der Waals surface area (Å²) in [4.78, 5) is 12.9. The fourth-order valence-corrected chi connectivity index (χ4v) is 1.60. The van der Waals surface area contributed by atoms with Crippen molar-refractivity contribution >= 4 is 5.91 Å². The van der Waals surface area contributed by atoms with E-state index in [-0.39, 0.29) is 5.91 Å². The van der Waals surface area contributed by atoms with E-state index in [0.717, 1.165) is 25.9 Å². The van der Waals surface area contributed by atoms with Crippen molar-refractivity contribution in [3.8, 4) is 0 Å². The fraction of sp³-hybridized carbons (Fsp3) is 0.875. The largest absolute Gasteiger partial charge is 0.366 e. The highest BCUT2D eigenvalue weighted by molar-refractivity contribution is 5.78. The molecule has 4 nitrogen and oxygen atoms in total. The van der Waals surface area contributed by atoms with Crippen LogP contribution in [0.2, 0.25) is 0 Å². The lowest BCUT2D eigenvalue weighted by Crippen LogP contribution is -2.48. The van der Waals surface area contributed by atoms with Gasteiger partial charge in [0.1, 0.15) is 0 Å². The summed E-state index contributed by atoms with van der Waals surface area (Å²) in [6.45, 7) is 1.84. The van der Waals surface area contributed by atoms with Gasteiger partial charge in [-0.25, -0.2) is 0 Å². The fourth-order valence-electron chi connectivity index (χ4n) is 1.60. The number of ether oxygens (including phenoxy) is 1. The van der Waals surface area contributed by atoms with Gasteiger partial charge in [-0.05, 0) is 12.8 Å². The number of primary amides is 1. The van der Waals surface area contributed by atoms with E-state index in [2.05, 4.69) is 0 Å². The van der Waals surface area contributed by atoms with Crippen LogP contribution in [0.3, 0.4) is 0 Å². The first kappa shape index (κ1) is 9.48. The Morgan fingerprint density at radius 3 is 2.42 bits per heavy atom. The minimum atomic E-state index is -0.523. The molecule has 1 heterocycles. The summed E-state index contributed by atoms with van der Waals surface area (Å²) < 4.78 is 5.00. The zero-order chi connectivity index (χ0) is 8.97. The quantitative estimate of drug-likeness (QED) is 0.648. The van der Waals surface area contributed by atoms with Gasteiger partial charge in [-0.1, -0.05) is 6.42 Å². The molecular formula is C8H16N2O2. The van der Waals surface area contributed by atoms with Gasteiger partial charge in [-0.15, -0.1) is 0 Å². The van der Waals surface area contributed by atoms with E-state index < -0.39 is 6.23 Å². The van der Waals surface area contributed by atoms with Crippen molar-refractivity contribution in [1.82, 2.24) is 4.90 Å². The van der Waals surface area contributed by atoms with Crippen LogP contribution in [0, 0.1) is 0 Å². The minimum Gasteiger partial charge on any atom is -0.366 e. The highest BCUT2D eigenvalue weighted by Crippen LogP contribution is 2.12. The first-order valence-electron chi connectivity index (χ1n) is 4.32. The Balaban J connectivity index is 2.46. The van der Waals surface area contributed by atoms with Crippen molar-refractivity contribution < 1.29 is 9.53 Å². The predicted molar refractivity (Wildman–Crippen MR) is 45.4 cm³/mol. The molecule has 70 valence electrons. The maximum Gasteiger partial charge on any atom is 0.261 e. The van der Waals surface area contributed by atoms with Crippen molar-refractivity contribution in [2.75, 3.05) is 20.2 Å². The average Bonchev–Trinajstić information content (AvgIpc) is 2.07. The Morgan fingerprint density at radius 2 is 2.00 bits per heavy atom. The van der Waals surface area contributed by atoms with Gasteiger partial charge in [0, 0.05) is 20.2 Å². The molecule has 0 spiro atoms. The number of carbonyl (C=O) groups is 1. The first-order chi connectivity index (χ1) is 5.75. The molecular weight excluding hydrogens is 156 g/mol. The third-order valence-corrected chi connectivity index (χ3v) is 2.19. The molecule has 0 saturated carbocycles. The third-order valence-electron chi connectivity index (χ3n) is 2.19. The van der Waals surface area contributed by atoms with Gasteiger partial charge in [0.25, 0.3) is 5.91 Å². The van der Waals surface area contributed by atoms with E-state index in [1.165, 1.54) is 13.5 Å². The van der Waals surface area contributed by atoms with Crippen molar-refractivity contribution in [2.45, 2.75) is 25.5 Å². The molecule has 0 radical (unpaired) electrons. The lowest BCUT2D eigenvalue weighted by molar-refractivity contribution is -0.140. The van der Waals surface area contributed by atoms with Crippen LogP contribution in [0.5, 0.6) is 0 Å². The van der Waals surface area contributed by atoms with Gasteiger partial charge in [0.05, 0.1) is 0 Å². The predicted octanol–water partition coefficient (Wildman–Crippen LogP) is -0.0699. The van der Waals surface area contributed by atoms with Crippen LogP contribution >= 0.6 is 0 Å². The lowest BCUT2D eigenvalue weighted by atomic mass is 10.1. The number of piperidine rings is 1. The van der Waals surface area contributed by atoms with Gasteiger partial charge < -0.3 is 10.5 Å². The Labute approximate surface area is 72.7 Å². The van der Waals surface area contributed by atoms with Crippen LogP contribution < -0.4 is 5.73 Å². The number of rotatable bonds is 3. The maximum absolute atomic E-state index is 10.9. The third kappa shape index (κ3) is 2.19. The Bertz CT molecular complexity index is 155. The molecule has 1 atom stereocenters. The van der Waals surface area contributed by atoms with Gasteiger partial charge in [0.15, 0.2) is 6.23 Å². The second-order valence-electron chi connectivity index (χ2n) is 3.09. The highest BCUT2D eigenvalue weighted by Gasteiger charge is 2.24. The van der Waals surface area contributed by atoms with Gasteiger partial charge in [-0.2, -0.15) is 0 Å². The van der Waals surface area contributed by atoms with E-state index in [9.17, 15) is 4.79 Å². The number of nitrogens with zero attached hydrogens (tertiary/aromatic N) is 1. The summed E-state index contributed by atoms with van der Waals surface area (Å²) in [6, 6.07) is 0. The van der Waals surface area contributed by atoms with Crippen molar-refractivity contribution in [2.24, 2.45) is 5.73 Å². The summed E-state index contributed by atoms with van der Waals surface area (Å²) in [5.41, 5.74) is 5.17. The maximum atomic E-state index is 10.9. The molecule has 1 amide bonds. The molecule has 0 aliphatic carbocycles. The number of hydrogen-bond acceptors (Lipinski definition) is 3. The van der Waals surface area contributed by atoms with Crippen molar-refractivity contribution in [3.05, 3.63) is 0 Å². The standard InChI is InChI=1S/C8H16N2O2/c1-12-8(7(9)11)10-5-3-2-4-6-10/h8H,2-6H2,1H3,(H2,9,11). The number of likely N-dealkylation sites (tertiary alicyclic amines) is 1. The van der Waals surface area contributed by atoms with Crippen LogP contribution in [-0.4, -0.2) is 37.2 Å². The SMILES string of the molecule is COC(C(N)=O)N1CCCCC1. The molecule has 1 aliphatic heterocycles. The summed E-state index contributed by atoms with van der Waals surface area (Å²) in [5, 5.41) is 0. The van der Waals surface area contributed by atoms with Crippen molar-refractivity contribution in [1.29, 1.82) is 0 Å². The second-order valence-corrected chi connectivity index (χ2v) is 3.09. The molecule has 0 aromatic rings. The summed E-state index contributed by atoms with van der Waals surface area (Å²) >= 11 is 0. The summed E-state index contributed by atoms with van der Waals surface area (Å²) in [7, 11) is 1.52. The zero-order valence-corrected chi connectivity index (χ0v) is 7.45. The van der Waals surface area contributed by atoms with E-state index in [4.69, 9.17) is 10.5 Å². The number of nitrogens with two attached hydrogens (primary N) is 1. The second kappa shape index (κ2) is 4.42. The zero-order valence-electron chi connectivity index (χ0n) is 7.45. The van der Waals surface area contributed by atoms with E-state index in [0.29, 0.717) is 0 Å². The lowest BCUT2D eigenvalue weighted by Gasteiger charge is -2.31. The Morgan fingerprint density at radius 1 is 1.42 bits per heavy atom. The van der Waals surface area contributed by atoms with Crippen LogP contribution in [-0.2, 0) is 9.53 Å². The smallest absolute Gasteiger partial charge is 0.261 e. The van der Waals surface area contributed by atoms with Gasteiger partial charge in [-0.3, -0.25) is 9.69 Å². The van der Waals surface area contributed by atoms with Crippen molar-refractivity contribution in [3.63, 3.8) is 0 Å².